The quantitative estimate of drug-likeness (QED) is 0.347. The Labute approximate surface area is 195 Å². The largest absolute Gasteiger partial charge is 0.497 e. The molecular weight excluding hydrogens is 433 g/mol. The molecule has 34 heavy (non-hydrogen) atoms. The lowest BCUT2D eigenvalue weighted by Gasteiger charge is -2.17. The Bertz CT molecular complexity index is 1590. The number of halogens is 1. The average Bonchev–Trinajstić information content (AvgIpc) is 3.41. The summed E-state index contributed by atoms with van der Waals surface area (Å²) in [5.74, 6) is 2.26. The van der Waals surface area contributed by atoms with Crippen LogP contribution in [0.25, 0.3) is 28.2 Å². The van der Waals surface area contributed by atoms with E-state index in [1.807, 2.05) is 55.7 Å². The van der Waals surface area contributed by atoms with Crippen LogP contribution in [0.15, 0.2) is 70.0 Å². The maximum atomic E-state index is 14.6. The lowest BCUT2D eigenvalue weighted by atomic mass is 10.0. The van der Waals surface area contributed by atoms with Crippen molar-refractivity contribution in [2.45, 2.75) is 27.3 Å². The second kappa shape index (κ2) is 8.33. The van der Waals surface area contributed by atoms with Crippen LogP contribution in [0.2, 0.25) is 0 Å². The third-order valence-electron chi connectivity index (χ3n) is 6.09. The molecule has 0 amide bonds. The highest BCUT2D eigenvalue weighted by Gasteiger charge is 2.21. The predicted octanol–water partition coefficient (Wildman–Crippen LogP) is 5.54. The van der Waals surface area contributed by atoms with Crippen LogP contribution >= 0.6 is 0 Å². The van der Waals surface area contributed by atoms with Crippen molar-refractivity contribution in [1.29, 1.82) is 0 Å². The molecule has 0 radical (unpaired) electrons. The minimum absolute atomic E-state index is 0.206. The zero-order valence-electron chi connectivity index (χ0n) is 19.4. The zero-order chi connectivity index (χ0) is 24.0. The van der Waals surface area contributed by atoms with E-state index in [2.05, 4.69) is 0 Å². The van der Waals surface area contributed by atoms with Crippen molar-refractivity contribution in [3.8, 4) is 28.1 Å². The molecule has 3 heterocycles. The minimum atomic E-state index is -0.310. The molecule has 172 valence electrons. The number of benzene rings is 2. The van der Waals surface area contributed by atoms with Crippen molar-refractivity contribution in [2.24, 2.45) is 0 Å². The highest BCUT2D eigenvalue weighted by Crippen LogP contribution is 2.29. The summed E-state index contributed by atoms with van der Waals surface area (Å²) >= 11 is 0. The van der Waals surface area contributed by atoms with Crippen LogP contribution in [-0.2, 0) is 6.54 Å². The highest BCUT2D eigenvalue weighted by atomic mass is 19.1. The minimum Gasteiger partial charge on any atom is -0.497 e. The van der Waals surface area contributed by atoms with E-state index >= 15 is 0 Å². The smallest absolute Gasteiger partial charge is 0.267 e. The maximum Gasteiger partial charge on any atom is 0.267 e. The number of methoxy groups -OCH3 is 1. The van der Waals surface area contributed by atoms with Gasteiger partial charge in [0.1, 0.15) is 23.1 Å². The number of furan rings is 1. The Balaban J connectivity index is 1.81. The van der Waals surface area contributed by atoms with Gasteiger partial charge in [-0.3, -0.25) is 9.20 Å². The van der Waals surface area contributed by atoms with E-state index in [-0.39, 0.29) is 17.9 Å². The van der Waals surface area contributed by atoms with Crippen molar-refractivity contribution < 1.29 is 13.5 Å². The van der Waals surface area contributed by atoms with Gasteiger partial charge in [0.25, 0.3) is 5.56 Å². The summed E-state index contributed by atoms with van der Waals surface area (Å²) in [5.41, 5.74) is 3.65. The normalized spacial score (nSPS) is 11.3. The van der Waals surface area contributed by atoms with Gasteiger partial charge in [-0.05, 0) is 50.6 Å². The summed E-state index contributed by atoms with van der Waals surface area (Å²) in [4.78, 5) is 18.5. The van der Waals surface area contributed by atoms with Gasteiger partial charge < -0.3 is 13.7 Å². The van der Waals surface area contributed by atoms with Gasteiger partial charge in [-0.15, -0.1) is 0 Å². The number of rotatable bonds is 5. The molecule has 0 aliphatic heterocycles. The Morgan fingerprint density at radius 3 is 2.56 bits per heavy atom. The van der Waals surface area contributed by atoms with E-state index in [9.17, 15) is 9.18 Å². The molecule has 0 aliphatic rings. The van der Waals surface area contributed by atoms with E-state index in [1.165, 1.54) is 10.5 Å². The summed E-state index contributed by atoms with van der Waals surface area (Å²) in [5, 5.41) is 0. The molecule has 0 spiro atoms. The molecule has 5 rings (SSSR count). The molecule has 2 aromatic carbocycles. The first-order valence-corrected chi connectivity index (χ1v) is 10.9. The van der Waals surface area contributed by atoms with E-state index in [4.69, 9.17) is 14.1 Å². The van der Waals surface area contributed by atoms with Crippen LogP contribution in [-0.4, -0.2) is 21.1 Å². The molecule has 0 saturated carbocycles. The predicted molar refractivity (Wildman–Crippen MR) is 129 cm³/mol. The van der Waals surface area contributed by atoms with Crippen molar-refractivity contribution in [3.63, 3.8) is 0 Å². The number of hydrogen-bond acceptors (Lipinski definition) is 4. The fraction of sp³-hybridized carbons (Fsp3) is 0.185. The molecule has 0 N–H and O–H groups in total. The molecule has 0 atom stereocenters. The first kappa shape index (κ1) is 21.7. The molecule has 0 unspecified atom stereocenters. The monoisotopic (exact) mass is 457 g/mol. The third-order valence-corrected chi connectivity index (χ3v) is 6.09. The molecule has 0 fully saturated rings. The second-order valence-electron chi connectivity index (χ2n) is 8.30. The Hall–Kier alpha value is -4.13. The summed E-state index contributed by atoms with van der Waals surface area (Å²) < 4.78 is 29.1. The third kappa shape index (κ3) is 3.59. The standard InChI is InChI=1S/C27H24FN3O3/c1-16-12-22(18(3)34-16)24-15-31-26(32)25(19-9-7-10-21(13-19)33-4)17(2)30(27(31)29-24)14-20-8-5-6-11-23(20)28/h5-13,15H,14H2,1-4H3. The van der Waals surface area contributed by atoms with Gasteiger partial charge >= 0.3 is 0 Å². The van der Waals surface area contributed by atoms with Crippen LogP contribution in [0.1, 0.15) is 22.8 Å². The summed E-state index contributed by atoms with van der Waals surface area (Å²) in [6.45, 7) is 5.82. The summed E-state index contributed by atoms with van der Waals surface area (Å²) in [6, 6.07) is 15.9. The van der Waals surface area contributed by atoms with Gasteiger partial charge in [0.2, 0.25) is 5.78 Å². The van der Waals surface area contributed by atoms with Gasteiger partial charge in [-0.2, -0.15) is 0 Å². The molecule has 5 aromatic rings. The molecular formula is C27H24FN3O3. The Kier molecular flexibility index (Phi) is 5.32. The molecule has 0 bridgehead atoms. The topological polar surface area (TPSA) is 61.7 Å². The second-order valence-corrected chi connectivity index (χ2v) is 8.30. The van der Waals surface area contributed by atoms with Gasteiger partial charge in [-0.1, -0.05) is 30.3 Å². The van der Waals surface area contributed by atoms with Crippen LogP contribution in [0.3, 0.4) is 0 Å². The Morgan fingerprint density at radius 2 is 1.85 bits per heavy atom. The maximum absolute atomic E-state index is 14.6. The fourth-order valence-electron chi connectivity index (χ4n) is 4.38. The van der Waals surface area contributed by atoms with Gasteiger partial charge in [0.15, 0.2) is 0 Å². The number of nitrogens with zero attached hydrogens (tertiary/aromatic N) is 3. The van der Waals surface area contributed by atoms with Crippen molar-refractivity contribution in [3.05, 3.63) is 99.7 Å². The first-order chi connectivity index (χ1) is 16.4. The SMILES string of the molecule is COc1cccc(-c2c(C)n(Cc3ccccc3F)c3nc(-c4cc(C)oc4C)cn3c2=O)c1. The highest BCUT2D eigenvalue weighted by molar-refractivity contribution is 5.70. The van der Waals surface area contributed by atoms with Crippen LogP contribution in [0.4, 0.5) is 4.39 Å². The number of hydrogen-bond donors (Lipinski definition) is 0. The van der Waals surface area contributed by atoms with E-state index in [0.29, 0.717) is 34.0 Å². The molecule has 6 nitrogen and oxygen atoms in total. The molecule has 0 saturated heterocycles. The lowest BCUT2D eigenvalue weighted by molar-refractivity contribution is 0.415. The van der Waals surface area contributed by atoms with Gasteiger partial charge in [0, 0.05) is 23.0 Å². The number of imidazole rings is 1. The van der Waals surface area contributed by atoms with Crippen molar-refractivity contribution >= 4 is 5.78 Å². The van der Waals surface area contributed by atoms with Gasteiger partial charge in [0.05, 0.1) is 24.9 Å². The van der Waals surface area contributed by atoms with E-state index in [0.717, 1.165) is 22.6 Å². The fourth-order valence-corrected chi connectivity index (χ4v) is 4.38. The van der Waals surface area contributed by atoms with E-state index in [1.54, 1.807) is 31.5 Å². The van der Waals surface area contributed by atoms with Crippen LogP contribution < -0.4 is 10.3 Å². The first-order valence-electron chi connectivity index (χ1n) is 10.9. The van der Waals surface area contributed by atoms with Crippen molar-refractivity contribution in [2.75, 3.05) is 7.11 Å². The molecule has 7 heteroatoms. The lowest BCUT2D eigenvalue weighted by Crippen LogP contribution is -2.23. The number of ether oxygens (including phenoxy) is 1. The summed E-state index contributed by atoms with van der Waals surface area (Å²) in [6.07, 6.45) is 1.72. The number of aryl methyl sites for hydroxylation is 2. The van der Waals surface area contributed by atoms with Crippen LogP contribution in [0.5, 0.6) is 5.75 Å². The van der Waals surface area contributed by atoms with Gasteiger partial charge in [-0.25, -0.2) is 9.37 Å². The molecule has 3 aromatic heterocycles. The van der Waals surface area contributed by atoms with Crippen LogP contribution in [0, 0.1) is 26.6 Å². The Morgan fingerprint density at radius 1 is 1.06 bits per heavy atom. The van der Waals surface area contributed by atoms with E-state index < -0.39 is 0 Å². The number of fused-ring (bicyclic) bond motifs is 1. The zero-order valence-corrected chi connectivity index (χ0v) is 19.4. The summed E-state index contributed by atoms with van der Waals surface area (Å²) in [7, 11) is 1.59. The average molecular weight is 458 g/mol. The van der Waals surface area contributed by atoms with Crippen molar-refractivity contribution in [1.82, 2.24) is 14.0 Å². The number of aromatic nitrogens is 3. The molecule has 0 aliphatic carbocycles.